The monoisotopic (exact) mass is 243 g/mol. The largest absolute Gasteiger partial charge is 0.384 e. The number of nitriles is 1. The Labute approximate surface area is 105 Å². The third-order valence-electron chi connectivity index (χ3n) is 2.43. The Hall–Kier alpha value is -1.86. The number of nitrogens with one attached hydrogen (secondary N) is 1. The lowest BCUT2D eigenvalue weighted by Crippen LogP contribution is -2.06. The molecule has 0 fully saturated rings. The standard InChI is InChI=1S/C13H13N3S/c1-10-2-3-11(9-14)12(8-10)15-5-4-13-16-6-7-17-13/h2-3,6-8,15H,4-5H2,1H3. The van der Waals surface area contributed by atoms with Crippen LogP contribution in [0.15, 0.2) is 29.8 Å². The van der Waals surface area contributed by atoms with Crippen LogP contribution < -0.4 is 5.32 Å². The first kappa shape index (κ1) is 11.6. The maximum atomic E-state index is 8.99. The van der Waals surface area contributed by atoms with E-state index in [1.54, 1.807) is 11.3 Å². The number of nitrogens with zero attached hydrogens (tertiary/aromatic N) is 2. The van der Waals surface area contributed by atoms with Gasteiger partial charge in [0.05, 0.1) is 16.3 Å². The number of aromatic nitrogens is 1. The predicted molar refractivity (Wildman–Crippen MR) is 70.2 cm³/mol. The molecule has 86 valence electrons. The van der Waals surface area contributed by atoms with Crippen molar-refractivity contribution >= 4 is 17.0 Å². The molecular weight excluding hydrogens is 230 g/mol. The maximum absolute atomic E-state index is 8.99. The van der Waals surface area contributed by atoms with Crippen molar-refractivity contribution in [2.75, 3.05) is 11.9 Å². The average molecular weight is 243 g/mol. The van der Waals surface area contributed by atoms with E-state index in [1.807, 2.05) is 36.7 Å². The molecule has 1 N–H and O–H groups in total. The first-order chi connectivity index (χ1) is 8.29. The fourth-order valence-corrected chi connectivity index (χ4v) is 2.20. The molecule has 1 heterocycles. The zero-order valence-corrected chi connectivity index (χ0v) is 10.4. The van der Waals surface area contributed by atoms with Crippen LogP contribution in [0, 0.1) is 18.3 Å². The highest BCUT2D eigenvalue weighted by molar-refractivity contribution is 7.09. The summed E-state index contributed by atoms with van der Waals surface area (Å²) in [6.07, 6.45) is 2.70. The summed E-state index contributed by atoms with van der Waals surface area (Å²) in [5.41, 5.74) is 2.75. The van der Waals surface area contributed by atoms with Gasteiger partial charge in [-0.2, -0.15) is 5.26 Å². The van der Waals surface area contributed by atoms with E-state index in [2.05, 4.69) is 16.4 Å². The van der Waals surface area contributed by atoms with Crippen molar-refractivity contribution in [1.29, 1.82) is 5.26 Å². The highest BCUT2D eigenvalue weighted by Gasteiger charge is 2.02. The molecular formula is C13H13N3S. The molecule has 17 heavy (non-hydrogen) atoms. The van der Waals surface area contributed by atoms with Gasteiger partial charge in [0.1, 0.15) is 6.07 Å². The highest BCUT2D eigenvalue weighted by Crippen LogP contribution is 2.16. The maximum Gasteiger partial charge on any atom is 0.101 e. The van der Waals surface area contributed by atoms with Crippen molar-refractivity contribution in [1.82, 2.24) is 4.98 Å². The number of hydrogen-bond acceptors (Lipinski definition) is 4. The Morgan fingerprint density at radius 1 is 1.47 bits per heavy atom. The summed E-state index contributed by atoms with van der Waals surface area (Å²) in [6, 6.07) is 7.99. The normalized spacial score (nSPS) is 9.88. The van der Waals surface area contributed by atoms with Crippen LogP contribution in [0.2, 0.25) is 0 Å². The Balaban J connectivity index is 1.99. The summed E-state index contributed by atoms with van der Waals surface area (Å²) < 4.78 is 0. The molecule has 0 aliphatic rings. The van der Waals surface area contributed by atoms with Gasteiger partial charge in [0.15, 0.2) is 0 Å². The fraction of sp³-hybridized carbons (Fsp3) is 0.231. The molecule has 0 amide bonds. The van der Waals surface area contributed by atoms with Crippen LogP contribution in [0.25, 0.3) is 0 Å². The lowest BCUT2D eigenvalue weighted by Gasteiger charge is -2.08. The van der Waals surface area contributed by atoms with Gasteiger partial charge in [-0.15, -0.1) is 11.3 Å². The summed E-state index contributed by atoms with van der Waals surface area (Å²) >= 11 is 1.66. The van der Waals surface area contributed by atoms with Gasteiger partial charge in [-0.25, -0.2) is 4.98 Å². The Kier molecular flexibility index (Phi) is 3.73. The molecule has 0 saturated heterocycles. The molecule has 0 bridgehead atoms. The van der Waals surface area contributed by atoms with E-state index in [0.29, 0.717) is 5.56 Å². The topological polar surface area (TPSA) is 48.7 Å². The van der Waals surface area contributed by atoms with Crippen molar-refractivity contribution in [3.63, 3.8) is 0 Å². The summed E-state index contributed by atoms with van der Waals surface area (Å²) in [7, 11) is 0. The molecule has 2 rings (SSSR count). The second kappa shape index (κ2) is 5.46. The van der Waals surface area contributed by atoms with Crippen molar-refractivity contribution in [3.8, 4) is 6.07 Å². The summed E-state index contributed by atoms with van der Waals surface area (Å²) in [5.74, 6) is 0. The van der Waals surface area contributed by atoms with E-state index in [0.717, 1.165) is 29.2 Å². The first-order valence-electron chi connectivity index (χ1n) is 5.42. The van der Waals surface area contributed by atoms with Crippen LogP contribution in [-0.4, -0.2) is 11.5 Å². The third kappa shape index (κ3) is 3.05. The Morgan fingerprint density at radius 3 is 3.06 bits per heavy atom. The number of thiazole rings is 1. The molecule has 2 aromatic rings. The van der Waals surface area contributed by atoms with E-state index in [-0.39, 0.29) is 0 Å². The van der Waals surface area contributed by atoms with E-state index < -0.39 is 0 Å². The molecule has 1 aromatic heterocycles. The number of hydrogen-bond donors (Lipinski definition) is 1. The minimum Gasteiger partial charge on any atom is -0.384 e. The SMILES string of the molecule is Cc1ccc(C#N)c(NCCc2nccs2)c1. The number of rotatable bonds is 4. The van der Waals surface area contributed by atoms with Crippen LogP contribution in [0.4, 0.5) is 5.69 Å². The second-order valence-corrected chi connectivity index (χ2v) is 4.74. The molecule has 0 aliphatic heterocycles. The number of benzene rings is 1. The smallest absolute Gasteiger partial charge is 0.101 e. The summed E-state index contributed by atoms with van der Waals surface area (Å²) in [4.78, 5) is 4.22. The molecule has 0 spiro atoms. The van der Waals surface area contributed by atoms with Gasteiger partial charge in [0, 0.05) is 24.5 Å². The molecule has 0 radical (unpaired) electrons. The minimum absolute atomic E-state index is 0.690. The fourth-order valence-electron chi connectivity index (χ4n) is 1.58. The highest BCUT2D eigenvalue weighted by atomic mass is 32.1. The molecule has 0 atom stereocenters. The average Bonchev–Trinajstić information content (AvgIpc) is 2.82. The number of aryl methyl sites for hydroxylation is 1. The summed E-state index contributed by atoms with van der Waals surface area (Å²) in [5, 5.41) is 15.4. The van der Waals surface area contributed by atoms with Crippen molar-refractivity contribution in [3.05, 3.63) is 45.9 Å². The van der Waals surface area contributed by atoms with Crippen LogP contribution in [0.5, 0.6) is 0 Å². The molecule has 0 aliphatic carbocycles. The van der Waals surface area contributed by atoms with Gasteiger partial charge < -0.3 is 5.32 Å². The van der Waals surface area contributed by atoms with Crippen molar-refractivity contribution in [2.24, 2.45) is 0 Å². The number of anilines is 1. The molecule has 0 saturated carbocycles. The molecule has 1 aromatic carbocycles. The van der Waals surface area contributed by atoms with Gasteiger partial charge in [-0.1, -0.05) is 6.07 Å². The lowest BCUT2D eigenvalue weighted by molar-refractivity contribution is 0.997. The van der Waals surface area contributed by atoms with Gasteiger partial charge in [-0.3, -0.25) is 0 Å². The minimum atomic E-state index is 0.690. The Bertz CT molecular complexity index is 526. The first-order valence-corrected chi connectivity index (χ1v) is 6.30. The Morgan fingerprint density at radius 2 is 2.35 bits per heavy atom. The predicted octanol–water partition coefficient (Wildman–Crippen LogP) is 2.98. The van der Waals surface area contributed by atoms with E-state index in [4.69, 9.17) is 5.26 Å². The molecule has 3 nitrogen and oxygen atoms in total. The van der Waals surface area contributed by atoms with Gasteiger partial charge in [-0.05, 0) is 24.6 Å². The van der Waals surface area contributed by atoms with Crippen molar-refractivity contribution in [2.45, 2.75) is 13.3 Å². The van der Waals surface area contributed by atoms with E-state index in [1.165, 1.54) is 0 Å². The lowest BCUT2D eigenvalue weighted by atomic mass is 10.1. The van der Waals surface area contributed by atoms with Crippen LogP contribution in [-0.2, 0) is 6.42 Å². The second-order valence-electron chi connectivity index (χ2n) is 3.76. The zero-order valence-electron chi connectivity index (χ0n) is 9.60. The van der Waals surface area contributed by atoms with Gasteiger partial charge >= 0.3 is 0 Å². The van der Waals surface area contributed by atoms with E-state index in [9.17, 15) is 0 Å². The van der Waals surface area contributed by atoms with Gasteiger partial charge in [0.25, 0.3) is 0 Å². The van der Waals surface area contributed by atoms with Crippen LogP contribution in [0.3, 0.4) is 0 Å². The quantitative estimate of drug-likeness (QED) is 0.898. The molecule has 4 heteroatoms. The molecule has 0 unspecified atom stereocenters. The van der Waals surface area contributed by atoms with Gasteiger partial charge in [0.2, 0.25) is 0 Å². The van der Waals surface area contributed by atoms with Crippen LogP contribution in [0.1, 0.15) is 16.1 Å². The van der Waals surface area contributed by atoms with Crippen molar-refractivity contribution < 1.29 is 0 Å². The van der Waals surface area contributed by atoms with Crippen LogP contribution >= 0.6 is 11.3 Å². The third-order valence-corrected chi connectivity index (χ3v) is 3.27. The summed E-state index contributed by atoms with van der Waals surface area (Å²) in [6.45, 7) is 2.82. The van der Waals surface area contributed by atoms with E-state index >= 15 is 0 Å². The zero-order chi connectivity index (χ0) is 12.1.